The lowest BCUT2D eigenvalue weighted by molar-refractivity contribution is 0.112. The highest BCUT2D eigenvalue weighted by Crippen LogP contribution is 2.55. The first-order chi connectivity index (χ1) is 14.6. The lowest BCUT2D eigenvalue weighted by Gasteiger charge is -2.36. The zero-order valence-electron chi connectivity index (χ0n) is 19.0. The molecular weight excluding hydrogens is 432 g/mol. The van der Waals surface area contributed by atoms with Crippen LogP contribution in [0.3, 0.4) is 0 Å². The normalized spacial score (nSPS) is 18.1. The van der Waals surface area contributed by atoms with Gasteiger partial charge in [0.2, 0.25) is 0 Å². The van der Waals surface area contributed by atoms with Crippen molar-refractivity contribution >= 4 is 22.2 Å². The summed E-state index contributed by atoms with van der Waals surface area (Å²) in [6, 6.07) is 13.2. The van der Waals surface area contributed by atoms with Gasteiger partial charge in [-0.1, -0.05) is 106 Å². The molecule has 1 nitrogen and oxygen atoms in total. The summed E-state index contributed by atoms with van der Waals surface area (Å²) in [6.07, 6.45) is 13.6. The molecule has 30 heavy (non-hydrogen) atoms. The number of fused-ring (bicyclic) bond motifs is 3. The van der Waals surface area contributed by atoms with Gasteiger partial charge in [-0.25, -0.2) is 0 Å². The fraction of sp³-hybridized carbons (Fsp3) is 0.536. The van der Waals surface area contributed by atoms with E-state index < -0.39 is 0 Å². The predicted molar refractivity (Wildman–Crippen MR) is 132 cm³/mol. The van der Waals surface area contributed by atoms with Gasteiger partial charge in [0.15, 0.2) is 0 Å². The average molecular weight is 470 g/mol. The molecule has 0 saturated heterocycles. The monoisotopic (exact) mass is 468 g/mol. The average Bonchev–Trinajstić information content (AvgIpc) is 3.02. The van der Waals surface area contributed by atoms with E-state index in [1.54, 1.807) is 0 Å². The van der Waals surface area contributed by atoms with Gasteiger partial charge in [0.1, 0.15) is 6.29 Å². The van der Waals surface area contributed by atoms with Gasteiger partial charge in [-0.3, -0.25) is 4.79 Å². The molecule has 0 spiro atoms. The Morgan fingerprint density at radius 2 is 1.60 bits per heavy atom. The summed E-state index contributed by atoms with van der Waals surface area (Å²) in [4.78, 5) is 11.7. The third-order valence-electron chi connectivity index (χ3n) is 7.12. The number of carbonyl (C=O) groups is 1. The van der Waals surface area contributed by atoms with Crippen LogP contribution in [0.5, 0.6) is 0 Å². The molecule has 2 aromatic carbocycles. The molecule has 1 aliphatic rings. The summed E-state index contributed by atoms with van der Waals surface area (Å²) in [5.41, 5.74) is 6.40. The van der Waals surface area contributed by atoms with Gasteiger partial charge < -0.3 is 0 Å². The highest BCUT2D eigenvalue weighted by Gasteiger charge is 2.43. The zero-order chi connectivity index (χ0) is 21.6. The van der Waals surface area contributed by atoms with Gasteiger partial charge in [-0.15, -0.1) is 0 Å². The topological polar surface area (TPSA) is 17.1 Å². The second kappa shape index (κ2) is 10.8. The lowest BCUT2D eigenvalue weighted by Crippen LogP contribution is -2.29. The molecule has 2 atom stereocenters. The first-order valence-electron chi connectivity index (χ1n) is 12.0. The Labute approximate surface area is 191 Å². The molecule has 162 valence electrons. The Hall–Kier alpha value is -1.41. The highest BCUT2D eigenvalue weighted by molar-refractivity contribution is 9.10. The molecule has 0 aliphatic heterocycles. The van der Waals surface area contributed by atoms with Crippen molar-refractivity contribution in [2.45, 2.75) is 90.4 Å². The molecule has 0 amide bonds. The van der Waals surface area contributed by atoms with Crippen LogP contribution in [0.15, 0.2) is 40.9 Å². The van der Waals surface area contributed by atoms with Gasteiger partial charge in [0.05, 0.1) is 0 Å². The van der Waals surface area contributed by atoms with Crippen LogP contribution in [-0.2, 0) is 5.41 Å². The van der Waals surface area contributed by atoms with Crippen LogP contribution < -0.4 is 0 Å². The van der Waals surface area contributed by atoms with E-state index in [0.29, 0.717) is 5.92 Å². The summed E-state index contributed by atoms with van der Waals surface area (Å²) in [7, 11) is 0. The Bertz CT molecular complexity index is 856. The van der Waals surface area contributed by atoms with Crippen molar-refractivity contribution in [3.63, 3.8) is 0 Å². The van der Waals surface area contributed by atoms with E-state index in [4.69, 9.17) is 0 Å². The summed E-state index contributed by atoms with van der Waals surface area (Å²) in [5, 5.41) is 0. The maximum Gasteiger partial charge on any atom is 0.150 e. The summed E-state index contributed by atoms with van der Waals surface area (Å²) >= 11 is 3.75. The number of rotatable bonds is 12. The minimum atomic E-state index is 0.0234. The Balaban J connectivity index is 2.12. The fourth-order valence-electron chi connectivity index (χ4n) is 5.44. The standard InChI is InChI=1S/C28H37BrO/c1-4-7-9-10-16-28(19-21(6-3)11-8-5-2)26-17-22(20-30)12-14-24(26)25-15-13-23(29)18-27(25)28/h12-15,17-18,20-21H,4-11,16,19H2,1-3H3. The van der Waals surface area contributed by atoms with E-state index in [-0.39, 0.29) is 5.41 Å². The summed E-state index contributed by atoms with van der Waals surface area (Å²) in [6.45, 7) is 6.92. The SMILES string of the molecule is CCCCCCC1(CC(CC)CCCC)c2cc(Br)ccc2-c2ccc(C=O)cc21. The molecular formula is C28H37BrO. The second-order valence-electron chi connectivity index (χ2n) is 9.13. The molecule has 0 radical (unpaired) electrons. The molecule has 0 fully saturated rings. The third kappa shape index (κ3) is 4.74. The first kappa shape index (κ1) is 23.3. The molecule has 0 saturated carbocycles. The molecule has 0 heterocycles. The molecule has 2 unspecified atom stereocenters. The van der Waals surface area contributed by atoms with Crippen molar-refractivity contribution in [2.75, 3.05) is 0 Å². The predicted octanol–water partition coefficient (Wildman–Crippen LogP) is 9.11. The van der Waals surface area contributed by atoms with E-state index in [2.05, 4.69) is 67.0 Å². The van der Waals surface area contributed by atoms with E-state index in [9.17, 15) is 4.79 Å². The Morgan fingerprint density at radius 3 is 2.27 bits per heavy atom. The molecule has 0 bridgehead atoms. The van der Waals surface area contributed by atoms with Gasteiger partial charge >= 0.3 is 0 Å². The van der Waals surface area contributed by atoms with Crippen LogP contribution >= 0.6 is 15.9 Å². The van der Waals surface area contributed by atoms with E-state index in [0.717, 1.165) is 16.3 Å². The largest absolute Gasteiger partial charge is 0.298 e. The van der Waals surface area contributed by atoms with Crippen molar-refractivity contribution in [2.24, 2.45) is 5.92 Å². The zero-order valence-corrected chi connectivity index (χ0v) is 20.6. The summed E-state index contributed by atoms with van der Waals surface area (Å²) in [5.74, 6) is 0.716. The molecule has 0 aromatic heterocycles. The number of hydrogen-bond acceptors (Lipinski definition) is 1. The molecule has 2 aromatic rings. The van der Waals surface area contributed by atoms with E-state index in [1.165, 1.54) is 86.5 Å². The Morgan fingerprint density at radius 1 is 0.900 bits per heavy atom. The maximum atomic E-state index is 11.7. The van der Waals surface area contributed by atoms with Crippen molar-refractivity contribution in [3.8, 4) is 11.1 Å². The fourth-order valence-corrected chi connectivity index (χ4v) is 5.80. The second-order valence-corrected chi connectivity index (χ2v) is 10.0. The molecule has 2 heteroatoms. The minimum absolute atomic E-state index is 0.0234. The van der Waals surface area contributed by atoms with Gasteiger partial charge in [-0.2, -0.15) is 0 Å². The van der Waals surface area contributed by atoms with Gasteiger partial charge in [0.25, 0.3) is 0 Å². The third-order valence-corrected chi connectivity index (χ3v) is 7.61. The van der Waals surface area contributed by atoms with E-state index in [1.807, 2.05) is 6.07 Å². The van der Waals surface area contributed by atoms with Gasteiger partial charge in [0, 0.05) is 15.5 Å². The number of benzene rings is 2. The maximum absolute atomic E-state index is 11.7. The van der Waals surface area contributed by atoms with Crippen molar-refractivity contribution in [3.05, 3.63) is 57.6 Å². The number of halogens is 1. The highest BCUT2D eigenvalue weighted by atomic mass is 79.9. The Kier molecular flexibility index (Phi) is 8.34. The van der Waals surface area contributed by atoms with Crippen LogP contribution in [0, 0.1) is 5.92 Å². The molecule has 0 N–H and O–H groups in total. The van der Waals surface area contributed by atoms with Gasteiger partial charge in [-0.05, 0) is 59.2 Å². The van der Waals surface area contributed by atoms with Crippen molar-refractivity contribution in [1.29, 1.82) is 0 Å². The number of hydrogen-bond donors (Lipinski definition) is 0. The van der Waals surface area contributed by atoms with Crippen molar-refractivity contribution in [1.82, 2.24) is 0 Å². The van der Waals surface area contributed by atoms with E-state index >= 15 is 0 Å². The minimum Gasteiger partial charge on any atom is -0.298 e. The van der Waals surface area contributed by atoms with Crippen LogP contribution in [0.25, 0.3) is 11.1 Å². The molecule has 3 rings (SSSR count). The number of aldehydes is 1. The smallest absolute Gasteiger partial charge is 0.150 e. The number of carbonyl (C=O) groups excluding carboxylic acids is 1. The first-order valence-corrected chi connectivity index (χ1v) is 12.8. The number of unbranched alkanes of at least 4 members (excludes halogenated alkanes) is 4. The summed E-state index contributed by atoms with van der Waals surface area (Å²) < 4.78 is 1.16. The van der Waals surface area contributed by atoms with Crippen LogP contribution in [0.1, 0.15) is 106 Å². The van der Waals surface area contributed by atoms with Crippen LogP contribution in [0.2, 0.25) is 0 Å². The van der Waals surface area contributed by atoms with Crippen LogP contribution in [0.4, 0.5) is 0 Å². The lowest BCUT2D eigenvalue weighted by atomic mass is 9.67. The quantitative estimate of drug-likeness (QED) is 0.224. The van der Waals surface area contributed by atoms with Crippen LogP contribution in [-0.4, -0.2) is 6.29 Å². The van der Waals surface area contributed by atoms with Crippen molar-refractivity contribution < 1.29 is 4.79 Å². The molecule has 1 aliphatic carbocycles.